The fourth-order valence-corrected chi connectivity index (χ4v) is 2.26. The summed E-state index contributed by atoms with van der Waals surface area (Å²) in [5.74, 6) is 0.874. The van der Waals surface area contributed by atoms with Crippen molar-refractivity contribution < 1.29 is 4.74 Å². The largest absolute Gasteiger partial charge is 0.436 e. The third-order valence-corrected chi connectivity index (χ3v) is 3.17. The van der Waals surface area contributed by atoms with Gasteiger partial charge in [0, 0.05) is 11.5 Å². The second kappa shape index (κ2) is 5.01. The van der Waals surface area contributed by atoms with Gasteiger partial charge in [0.1, 0.15) is 17.4 Å². The van der Waals surface area contributed by atoms with Crippen LogP contribution < -0.4 is 4.74 Å². The van der Waals surface area contributed by atoms with Crippen molar-refractivity contribution >= 4 is 27.5 Å². The Kier molecular flexibility index (Phi) is 3.60. The molecule has 2 rings (SSSR count). The van der Waals surface area contributed by atoms with Crippen LogP contribution in [0.15, 0.2) is 22.7 Å². The number of hydrogen-bond acceptors (Lipinski definition) is 3. The molecule has 4 nitrogen and oxygen atoms in total. The van der Waals surface area contributed by atoms with E-state index in [0.29, 0.717) is 27.9 Å². The van der Waals surface area contributed by atoms with Gasteiger partial charge in [0.25, 0.3) is 0 Å². The lowest BCUT2D eigenvalue weighted by molar-refractivity contribution is 0.429. The molecule has 18 heavy (non-hydrogen) atoms. The van der Waals surface area contributed by atoms with Crippen LogP contribution in [0.25, 0.3) is 0 Å². The van der Waals surface area contributed by atoms with Crippen LogP contribution >= 0.6 is 27.5 Å². The second-order valence-electron chi connectivity index (χ2n) is 3.68. The molecule has 1 aromatic heterocycles. The third kappa shape index (κ3) is 2.35. The summed E-state index contributed by atoms with van der Waals surface area (Å²) in [7, 11) is 1.72. The van der Waals surface area contributed by atoms with Crippen LogP contribution in [0.2, 0.25) is 5.02 Å². The molecule has 6 heteroatoms. The summed E-state index contributed by atoms with van der Waals surface area (Å²) in [6, 6.07) is 7.35. The minimum absolute atomic E-state index is 0.388. The summed E-state index contributed by atoms with van der Waals surface area (Å²) >= 11 is 9.39. The van der Waals surface area contributed by atoms with Gasteiger partial charge in [0.2, 0.25) is 5.88 Å². The van der Waals surface area contributed by atoms with Gasteiger partial charge in [-0.25, -0.2) is 4.68 Å². The van der Waals surface area contributed by atoms with E-state index in [4.69, 9.17) is 21.6 Å². The van der Waals surface area contributed by atoms with Gasteiger partial charge >= 0.3 is 0 Å². The van der Waals surface area contributed by atoms with Crippen molar-refractivity contribution in [2.24, 2.45) is 7.05 Å². The number of halogens is 2. The Morgan fingerprint density at radius 1 is 1.50 bits per heavy atom. The van der Waals surface area contributed by atoms with E-state index >= 15 is 0 Å². The number of nitrogens with zero attached hydrogens (tertiary/aromatic N) is 3. The lowest BCUT2D eigenvalue weighted by atomic mass is 10.3. The normalized spacial score (nSPS) is 10.2. The van der Waals surface area contributed by atoms with Crippen molar-refractivity contribution in [3.63, 3.8) is 0 Å². The molecular formula is C12H9BrClN3O. The van der Waals surface area contributed by atoms with E-state index in [2.05, 4.69) is 27.1 Å². The van der Waals surface area contributed by atoms with Gasteiger partial charge in [-0.2, -0.15) is 10.4 Å². The van der Waals surface area contributed by atoms with Crippen molar-refractivity contribution in [3.05, 3.63) is 39.0 Å². The number of benzene rings is 1. The summed E-state index contributed by atoms with van der Waals surface area (Å²) in [4.78, 5) is 0. The molecule has 0 saturated heterocycles. The first-order valence-electron chi connectivity index (χ1n) is 5.09. The summed E-state index contributed by atoms with van der Waals surface area (Å²) in [5, 5.41) is 13.7. The highest BCUT2D eigenvalue weighted by Crippen LogP contribution is 2.33. The second-order valence-corrected chi connectivity index (χ2v) is 5.00. The SMILES string of the molecule is Cc1nn(C)c(Oc2ccc(Br)cc2Cl)c1C#N. The standard InChI is InChI=1S/C12H9BrClN3O/c1-7-9(6-15)12(17(2)16-7)18-11-4-3-8(13)5-10(11)14/h3-5H,1-2H3. The highest BCUT2D eigenvalue weighted by Gasteiger charge is 2.16. The highest BCUT2D eigenvalue weighted by atomic mass is 79.9. The summed E-state index contributed by atoms with van der Waals surface area (Å²) < 4.78 is 8.05. The average Bonchev–Trinajstić information content (AvgIpc) is 2.57. The maximum absolute atomic E-state index is 9.08. The minimum atomic E-state index is 0.388. The van der Waals surface area contributed by atoms with Gasteiger partial charge in [0.15, 0.2) is 0 Å². The van der Waals surface area contributed by atoms with Crippen molar-refractivity contribution in [2.45, 2.75) is 6.92 Å². The van der Waals surface area contributed by atoms with Crippen molar-refractivity contribution in [2.75, 3.05) is 0 Å². The summed E-state index contributed by atoms with van der Waals surface area (Å²) in [6.45, 7) is 1.76. The van der Waals surface area contributed by atoms with Crippen LogP contribution in [0.1, 0.15) is 11.3 Å². The number of nitriles is 1. The van der Waals surface area contributed by atoms with E-state index in [1.54, 1.807) is 26.1 Å². The van der Waals surface area contributed by atoms with Gasteiger partial charge in [-0.1, -0.05) is 27.5 Å². The van der Waals surface area contributed by atoms with Crippen LogP contribution in [0, 0.1) is 18.3 Å². The highest BCUT2D eigenvalue weighted by molar-refractivity contribution is 9.10. The quantitative estimate of drug-likeness (QED) is 0.843. The maximum atomic E-state index is 9.08. The smallest absolute Gasteiger partial charge is 0.235 e. The predicted molar refractivity (Wildman–Crippen MR) is 71.9 cm³/mol. The summed E-state index contributed by atoms with van der Waals surface area (Å²) in [6.07, 6.45) is 0. The molecule has 0 saturated carbocycles. The van der Waals surface area contributed by atoms with Gasteiger partial charge in [-0.3, -0.25) is 0 Å². The average molecular weight is 327 g/mol. The van der Waals surface area contributed by atoms with E-state index < -0.39 is 0 Å². The molecular weight excluding hydrogens is 318 g/mol. The molecule has 92 valence electrons. The molecule has 2 aromatic rings. The zero-order chi connectivity index (χ0) is 13.3. The van der Waals surface area contributed by atoms with E-state index in [1.807, 2.05) is 6.07 Å². The van der Waals surface area contributed by atoms with Crippen LogP contribution in [0.5, 0.6) is 11.6 Å². The predicted octanol–water partition coefficient (Wildman–Crippen LogP) is 3.81. The number of ether oxygens (including phenoxy) is 1. The topological polar surface area (TPSA) is 50.8 Å². The van der Waals surface area contributed by atoms with E-state index in [9.17, 15) is 0 Å². The Bertz CT molecular complexity index is 646. The summed E-state index contributed by atoms with van der Waals surface area (Å²) in [5.41, 5.74) is 1.04. The van der Waals surface area contributed by atoms with Gasteiger partial charge < -0.3 is 4.74 Å². The molecule has 1 heterocycles. The number of hydrogen-bond donors (Lipinski definition) is 0. The van der Waals surface area contributed by atoms with Gasteiger partial charge in [-0.15, -0.1) is 0 Å². The molecule has 0 N–H and O–H groups in total. The molecule has 0 atom stereocenters. The molecule has 0 fully saturated rings. The Hall–Kier alpha value is -1.51. The molecule has 0 aliphatic rings. The van der Waals surface area contributed by atoms with Crippen LogP contribution in [-0.2, 0) is 7.05 Å². The Morgan fingerprint density at radius 3 is 2.83 bits per heavy atom. The molecule has 0 unspecified atom stereocenters. The first-order valence-corrected chi connectivity index (χ1v) is 6.26. The maximum Gasteiger partial charge on any atom is 0.235 e. The third-order valence-electron chi connectivity index (χ3n) is 2.38. The number of rotatable bonds is 2. The van der Waals surface area contributed by atoms with Crippen molar-refractivity contribution in [1.29, 1.82) is 5.26 Å². The molecule has 0 radical (unpaired) electrons. The zero-order valence-corrected chi connectivity index (χ0v) is 12.1. The molecule has 0 bridgehead atoms. The van der Waals surface area contributed by atoms with Crippen molar-refractivity contribution in [1.82, 2.24) is 9.78 Å². The first-order chi connectivity index (χ1) is 8.52. The van der Waals surface area contributed by atoms with E-state index in [0.717, 1.165) is 4.47 Å². The molecule has 0 amide bonds. The minimum Gasteiger partial charge on any atom is -0.436 e. The van der Waals surface area contributed by atoms with E-state index in [-0.39, 0.29) is 0 Å². The van der Waals surface area contributed by atoms with Crippen LogP contribution in [0.4, 0.5) is 0 Å². The zero-order valence-electron chi connectivity index (χ0n) is 9.74. The molecule has 1 aromatic carbocycles. The molecule has 0 spiro atoms. The number of aromatic nitrogens is 2. The van der Waals surface area contributed by atoms with Crippen LogP contribution in [0.3, 0.4) is 0 Å². The monoisotopic (exact) mass is 325 g/mol. The van der Waals surface area contributed by atoms with Crippen molar-refractivity contribution in [3.8, 4) is 17.7 Å². The van der Waals surface area contributed by atoms with E-state index in [1.165, 1.54) is 4.68 Å². The Labute approximate surface area is 118 Å². The lowest BCUT2D eigenvalue weighted by Crippen LogP contribution is -1.96. The number of aryl methyl sites for hydroxylation is 2. The first kappa shape index (κ1) is 12.9. The fraction of sp³-hybridized carbons (Fsp3) is 0.167. The fourth-order valence-electron chi connectivity index (χ4n) is 1.54. The lowest BCUT2D eigenvalue weighted by Gasteiger charge is -2.08. The Balaban J connectivity index is 2.43. The Morgan fingerprint density at radius 2 is 2.22 bits per heavy atom. The van der Waals surface area contributed by atoms with Gasteiger partial charge in [0.05, 0.1) is 10.7 Å². The van der Waals surface area contributed by atoms with Gasteiger partial charge in [-0.05, 0) is 25.1 Å². The molecule has 0 aliphatic heterocycles. The molecule has 0 aliphatic carbocycles. The van der Waals surface area contributed by atoms with Crippen LogP contribution in [-0.4, -0.2) is 9.78 Å².